The fraction of sp³-hybridized carbons (Fsp3) is 0.143. The summed E-state index contributed by atoms with van der Waals surface area (Å²) in [7, 11) is 0. The molecule has 1 unspecified atom stereocenters. The summed E-state index contributed by atoms with van der Waals surface area (Å²) in [4.78, 5) is 26.3. The normalized spacial score (nSPS) is 11.7. The molecule has 0 aromatic heterocycles. The van der Waals surface area contributed by atoms with Crippen LogP contribution in [0.2, 0.25) is 0 Å². The van der Waals surface area contributed by atoms with E-state index in [-0.39, 0.29) is 17.1 Å². The Morgan fingerprint density at radius 1 is 0.727 bits per heavy atom. The second-order valence-electron chi connectivity index (χ2n) is 8.09. The Hall–Kier alpha value is -3.57. The Balaban J connectivity index is 1.40. The molecular weight excluding hydrogens is 428 g/mol. The first-order valence-electron chi connectivity index (χ1n) is 10.8. The van der Waals surface area contributed by atoms with Crippen LogP contribution >= 0.6 is 11.8 Å². The van der Waals surface area contributed by atoms with Crippen LogP contribution < -0.4 is 10.6 Å². The average molecular weight is 455 g/mol. The molecular formula is C28H26N2O2S. The summed E-state index contributed by atoms with van der Waals surface area (Å²) >= 11 is 1.45. The molecule has 4 rings (SSSR count). The molecule has 166 valence electrons. The summed E-state index contributed by atoms with van der Waals surface area (Å²) in [5.41, 5.74) is 4.43. The van der Waals surface area contributed by atoms with E-state index in [2.05, 4.69) is 10.6 Å². The predicted octanol–water partition coefficient (Wildman–Crippen LogP) is 6.83. The zero-order chi connectivity index (χ0) is 23.4. The minimum absolute atomic E-state index is 0.0612. The number of benzene rings is 4. The van der Waals surface area contributed by atoms with Crippen molar-refractivity contribution in [1.29, 1.82) is 0 Å². The monoisotopic (exact) mass is 454 g/mol. The topological polar surface area (TPSA) is 58.2 Å². The number of thioether (sulfide) groups is 1. The zero-order valence-corrected chi connectivity index (χ0v) is 19.7. The Morgan fingerprint density at radius 3 is 2.27 bits per heavy atom. The van der Waals surface area contributed by atoms with Gasteiger partial charge < -0.3 is 10.6 Å². The highest BCUT2D eigenvalue weighted by Crippen LogP contribution is 2.27. The van der Waals surface area contributed by atoms with Gasteiger partial charge >= 0.3 is 0 Å². The molecule has 4 aromatic rings. The first kappa shape index (κ1) is 22.6. The van der Waals surface area contributed by atoms with Gasteiger partial charge in [-0.1, -0.05) is 42.5 Å². The molecule has 0 saturated heterocycles. The number of fused-ring (bicyclic) bond motifs is 1. The van der Waals surface area contributed by atoms with E-state index in [1.54, 1.807) is 0 Å². The van der Waals surface area contributed by atoms with Gasteiger partial charge in [0.2, 0.25) is 5.91 Å². The number of hydrogen-bond acceptors (Lipinski definition) is 3. The maximum absolute atomic E-state index is 12.8. The number of aryl methyl sites for hydroxylation is 2. The van der Waals surface area contributed by atoms with Crippen molar-refractivity contribution in [2.24, 2.45) is 0 Å². The molecule has 0 aliphatic carbocycles. The summed E-state index contributed by atoms with van der Waals surface area (Å²) < 4.78 is 0. The predicted molar refractivity (Wildman–Crippen MR) is 138 cm³/mol. The molecule has 0 aliphatic rings. The maximum atomic E-state index is 12.8. The van der Waals surface area contributed by atoms with Crippen LogP contribution in [0.5, 0.6) is 0 Å². The molecule has 2 N–H and O–H groups in total. The van der Waals surface area contributed by atoms with E-state index in [0.29, 0.717) is 11.3 Å². The minimum Gasteiger partial charge on any atom is -0.325 e. The number of carbonyl (C=O) groups is 2. The van der Waals surface area contributed by atoms with Gasteiger partial charge in [0.25, 0.3) is 5.91 Å². The van der Waals surface area contributed by atoms with E-state index in [9.17, 15) is 9.59 Å². The molecule has 1 atom stereocenters. The van der Waals surface area contributed by atoms with E-state index in [4.69, 9.17) is 0 Å². The number of rotatable bonds is 6. The van der Waals surface area contributed by atoms with Crippen molar-refractivity contribution in [1.82, 2.24) is 0 Å². The molecule has 0 heterocycles. The van der Waals surface area contributed by atoms with Crippen molar-refractivity contribution in [2.75, 3.05) is 10.6 Å². The third-order valence-electron chi connectivity index (χ3n) is 5.56. The lowest BCUT2D eigenvalue weighted by Crippen LogP contribution is -2.22. The third-order valence-corrected chi connectivity index (χ3v) is 6.65. The number of carbonyl (C=O) groups excluding carboxylic acids is 2. The van der Waals surface area contributed by atoms with Gasteiger partial charge in [-0.3, -0.25) is 9.59 Å². The fourth-order valence-corrected chi connectivity index (χ4v) is 4.43. The van der Waals surface area contributed by atoms with E-state index in [1.165, 1.54) is 17.3 Å². The highest BCUT2D eigenvalue weighted by Gasteiger charge is 2.15. The van der Waals surface area contributed by atoms with Crippen molar-refractivity contribution >= 4 is 45.7 Å². The molecule has 0 bridgehead atoms. The van der Waals surface area contributed by atoms with E-state index >= 15 is 0 Å². The lowest BCUT2D eigenvalue weighted by atomic mass is 10.1. The lowest BCUT2D eigenvalue weighted by molar-refractivity contribution is -0.115. The third kappa shape index (κ3) is 5.62. The number of hydrogen-bond donors (Lipinski definition) is 2. The molecule has 0 fully saturated rings. The van der Waals surface area contributed by atoms with Crippen LogP contribution in [0.25, 0.3) is 10.8 Å². The van der Waals surface area contributed by atoms with Crippen molar-refractivity contribution < 1.29 is 9.59 Å². The van der Waals surface area contributed by atoms with Crippen molar-refractivity contribution in [3.05, 3.63) is 102 Å². The molecule has 0 aliphatic heterocycles. The molecule has 33 heavy (non-hydrogen) atoms. The van der Waals surface area contributed by atoms with Gasteiger partial charge in [-0.05, 0) is 85.1 Å². The lowest BCUT2D eigenvalue weighted by Gasteiger charge is -2.14. The Labute approximate surface area is 198 Å². The van der Waals surface area contributed by atoms with E-state index < -0.39 is 0 Å². The van der Waals surface area contributed by atoms with Gasteiger partial charge in [-0.25, -0.2) is 0 Å². The van der Waals surface area contributed by atoms with E-state index in [1.807, 2.05) is 106 Å². The van der Waals surface area contributed by atoms with Crippen LogP contribution in [0.1, 0.15) is 28.4 Å². The molecule has 0 saturated carbocycles. The van der Waals surface area contributed by atoms with Crippen LogP contribution in [0.3, 0.4) is 0 Å². The summed E-state index contributed by atoms with van der Waals surface area (Å²) in [6.45, 7) is 5.95. The molecule has 4 nitrogen and oxygen atoms in total. The summed E-state index contributed by atoms with van der Waals surface area (Å²) in [6.07, 6.45) is 0. The quantitative estimate of drug-likeness (QED) is 0.314. The molecule has 0 spiro atoms. The van der Waals surface area contributed by atoms with Gasteiger partial charge in [0.05, 0.1) is 5.25 Å². The Morgan fingerprint density at radius 2 is 1.48 bits per heavy atom. The largest absolute Gasteiger partial charge is 0.325 e. The van der Waals surface area contributed by atoms with Crippen LogP contribution in [0, 0.1) is 13.8 Å². The summed E-state index contributed by atoms with van der Waals surface area (Å²) in [5, 5.41) is 7.78. The smallest absolute Gasteiger partial charge is 0.255 e. The zero-order valence-electron chi connectivity index (χ0n) is 18.9. The maximum Gasteiger partial charge on any atom is 0.255 e. The van der Waals surface area contributed by atoms with Gasteiger partial charge in [0, 0.05) is 21.8 Å². The highest BCUT2D eigenvalue weighted by atomic mass is 32.2. The van der Waals surface area contributed by atoms with Crippen LogP contribution in [0.4, 0.5) is 11.4 Å². The first-order valence-corrected chi connectivity index (χ1v) is 11.7. The summed E-state index contributed by atoms with van der Waals surface area (Å²) in [5.74, 6) is -0.225. The average Bonchev–Trinajstić information content (AvgIpc) is 2.81. The number of nitrogens with one attached hydrogen (secondary N) is 2. The van der Waals surface area contributed by atoms with Crippen LogP contribution in [-0.2, 0) is 4.79 Å². The van der Waals surface area contributed by atoms with E-state index in [0.717, 1.165) is 26.9 Å². The minimum atomic E-state index is -0.293. The van der Waals surface area contributed by atoms with Crippen molar-refractivity contribution in [3.63, 3.8) is 0 Å². The Kier molecular flexibility index (Phi) is 6.80. The number of amides is 2. The van der Waals surface area contributed by atoms with Crippen LogP contribution in [0.15, 0.2) is 89.8 Å². The SMILES string of the molecule is Cc1ccc(NC(=O)C(C)Sc2cccc(NC(=O)c3ccc4ccccc4c3)c2)cc1C. The second kappa shape index (κ2) is 9.92. The Bertz CT molecular complexity index is 1330. The van der Waals surface area contributed by atoms with Crippen molar-refractivity contribution in [2.45, 2.75) is 30.9 Å². The molecule has 5 heteroatoms. The standard InChI is InChI=1S/C28H26N2O2S/c1-18-11-14-25(15-19(18)2)29-27(31)20(3)33-26-10-6-9-24(17-26)30-28(32)23-13-12-21-7-4-5-8-22(21)16-23/h4-17,20H,1-3H3,(H,29,31)(H,30,32). The van der Waals surface area contributed by atoms with Crippen LogP contribution in [-0.4, -0.2) is 17.1 Å². The van der Waals surface area contributed by atoms with Gasteiger partial charge in [0.1, 0.15) is 0 Å². The molecule has 0 radical (unpaired) electrons. The highest BCUT2D eigenvalue weighted by molar-refractivity contribution is 8.00. The number of anilines is 2. The molecule has 4 aromatic carbocycles. The fourth-order valence-electron chi connectivity index (χ4n) is 3.50. The van der Waals surface area contributed by atoms with Gasteiger partial charge in [-0.15, -0.1) is 11.8 Å². The second-order valence-corrected chi connectivity index (χ2v) is 9.51. The first-order chi connectivity index (χ1) is 15.9. The van der Waals surface area contributed by atoms with Crippen molar-refractivity contribution in [3.8, 4) is 0 Å². The van der Waals surface area contributed by atoms with Gasteiger partial charge in [-0.2, -0.15) is 0 Å². The molecule has 2 amide bonds. The van der Waals surface area contributed by atoms with Gasteiger partial charge in [0.15, 0.2) is 0 Å². The summed E-state index contributed by atoms with van der Waals surface area (Å²) in [6, 6.07) is 27.1.